The number of rotatable bonds is 4. The van der Waals surface area contributed by atoms with E-state index < -0.39 is 0 Å². The van der Waals surface area contributed by atoms with E-state index in [1.54, 1.807) is 0 Å². The second kappa shape index (κ2) is 4.99. The van der Waals surface area contributed by atoms with Crippen LogP contribution < -0.4 is 4.72 Å². The van der Waals surface area contributed by atoms with Crippen molar-refractivity contribution in [2.45, 2.75) is 19.3 Å². The first-order chi connectivity index (χ1) is 4.93. The molecular weight excluding hydrogens is 144 g/mol. The lowest BCUT2D eigenvalue weighted by molar-refractivity contribution is 0.335. The van der Waals surface area contributed by atoms with E-state index in [-0.39, 0.29) is 0 Å². The topological polar surface area (TPSA) is 15.3 Å². The highest BCUT2D eigenvalue weighted by molar-refractivity contribution is 7.78. The van der Waals surface area contributed by atoms with Crippen LogP contribution in [0.5, 0.6) is 0 Å². The molecule has 1 heterocycles. The Bertz CT molecular complexity index is 81.7. The van der Waals surface area contributed by atoms with Gasteiger partial charge < -0.3 is 4.90 Å². The molecule has 3 heteroatoms. The molecule has 1 fully saturated rings. The van der Waals surface area contributed by atoms with E-state index in [9.17, 15) is 0 Å². The van der Waals surface area contributed by atoms with Crippen molar-refractivity contribution in [2.24, 2.45) is 0 Å². The van der Waals surface area contributed by atoms with Crippen LogP contribution in [-0.2, 0) is 0 Å². The normalized spacial score (nSPS) is 20.1. The quantitative estimate of drug-likeness (QED) is 0.469. The van der Waals surface area contributed by atoms with Crippen molar-refractivity contribution in [3.05, 3.63) is 0 Å². The van der Waals surface area contributed by atoms with E-state index in [1.807, 2.05) is 0 Å². The Morgan fingerprint density at radius 3 is 2.60 bits per heavy atom. The van der Waals surface area contributed by atoms with Crippen molar-refractivity contribution in [2.75, 3.05) is 26.2 Å². The molecule has 0 unspecified atom stereocenters. The van der Waals surface area contributed by atoms with Crippen molar-refractivity contribution < 1.29 is 0 Å². The maximum absolute atomic E-state index is 3.93. The molecule has 0 aromatic rings. The van der Waals surface area contributed by atoms with Gasteiger partial charge in [-0.25, -0.2) is 0 Å². The van der Waals surface area contributed by atoms with Crippen LogP contribution in [0, 0.1) is 0 Å². The standard InChI is InChI=1S/C7H16N2S/c10-8-4-3-7-9-5-1-2-6-9/h8,10H,1-7H2. The number of thiol groups is 1. The Hall–Kier alpha value is 0.270. The average molecular weight is 160 g/mol. The zero-order valence-electron chi connectivity index (χ0n) is 6.34. The Kier molecular flexibility index (Phi) is 4.18. The number of hydrogen-bond donors (Lipinski definition) is 2. The van der Waals surface area contributed by atoms with Gasteiger partial charge in [-0.2, -0.15) is 0 Å². The largest absolute Gasteiger partial charge is 0.303 e. The first kappa shape index (κ1) is 8.37. The molecule has 1 aliphatic heterocycles. The summed E-state index contributed by atoms with van der Waals surface area (Å²) in [5, 5.41) is 0. The summed E-state index contributed by atoms with van der Waals surface area (Å²) in [4.78, 5) is 2.52. The van der Waals surface area contributed by atoms with E-state index in [0.29, 0.717) is 0 Å². The van der Waals surface area contributed by atoms with Crippen LogP contribution in [0.15, 0.2) is 0 Å². The maximum atomic E-state index is 3.93. The van der Waals surface area contributed by atoms with Crippen molar-refractivity contribution in [1.82, 2.24) is 9.62 Å². The van der Waals surface area contributed by atoms with Crippen LogP contribution in [0.3, 0.4) is 0 Å². The Balaban J connectivity index is 1.91. The number of nitrogens with zero attached hydrogens (tertiary/aromatic N) is 1. The first-order valence-corrected chi connectivity index (χ1v) is 4.47. The molecule has 1 rings (SSSR count). The van der Waals surface area contributed by atoms with Crippen LogP contribution in [-0.4, -0.2) is 31.1 Å². The predicted molar refractivity (Wildman–Crippen MR) is 47.3 cm³/mol. The molecule has 1 saturated heterocycles. The van der Waals surface area contributed by atoms with E-state index in [0.717, 1.165) is 6.54 Å². The van der Waals surface area contributed by atoms with Gasteiger partial charge in [0.25, 0.3) is 0 Å². The lowest BCUT2D eigenvalue weighted by Gasteiger charge is -2.13. The lowest BCUT2D eigenvalue weighted by Crippen LogP contribution is -2.22. The van der Waals surface area contributed by atoms with Gasteiger partial charge in [-0.15, -0.1) is 0 Å². The molecule has 0 atom stereocenters. The van der Waals surface area contributed by atoms with Gasteiger partial charge in [-0.05, 0) is 38.9 Å². The van der Waals surface area contributed by atoms with Crippen molar-refractivity contribution >= 4 is 12.8 Å². The second-order valence-corrected chi connectivity index (χ2v) is 3.13. The van der Waals surface area contributed by atoms with Crippen LogP contribution in [0.4, 0.5) is 0 Å². The van der Waals surface area contributed by atoms with Crippen molar-refractivity contribution in [3.63, 3.8) is 0 Å². The third-order valence-electron chi connectivity index (χ3n) is 1.96. The zero-order chi connectivity index (χ0) is 7.23. The zero-order valence-corrected chi connectivity index (χ0v) is 7.24. The monoisotopic (exact) mass is 160 g/mol. The molecule has 0 aromatic heterocycles. The molecule has 1 N–H and O–H groups in total. The molecule has 0 radical (unpaired) electrons. The van der Waals surface area contributed by atoms with Gasteiger partial charge in [0, 0.05) is 6.54 Å². The molecule has 0 saturated carbocycles. The molecule has 10 heavy (non-hydrogen) atoms. The average Bonchev–Trinajstić information content (AvgIpc) is 2.41. The van der Waals surface area contributed by atoms with Crippen LogP contribution in [0.1, 0.15) is 19.3 Å². The third kappa shape index (κ3) is 2.90. The summed E-state index contributed by atoms with van der Waals surface area (Å²) in [6.07, 6.45) is 4.02. The molecule has 2 nitrogen and oxygen atoms in total. The highest BCUT2D eigenvalue weighted by Crippen LogP contribution is 2.06. The number of nitrogens with one attached hydrogen (secondary N) is 1. The molecule has 1 aliphatic rings. The highest BCUT2D eigenvalue weighted by atomic mass is 32.1. The lowest BCUT2D eigenvalue weighted by atomic mass is 10.4. The minimum Gasteiger partial charge on any atom is -0.303 e. The molecule has 0 aromatic carbocycles. The molecule has 60 valence electrons. The van der Waals surface area contributed by atoms with Crippen molar-refractivity contribution in [1.29, 1.82) is 0 Å². The second-order valence-electron chi connectivity index (χ2n) is 2.81. The molecule has 0 bridgehead atoms. The van der Waals surface area contributed by atoms with Gasteiger partial charge >= 0.3 is 0 Å². The first-order valence-electron chi connectivity index (χ1n) is 4.03. The van der Waals surface area contributed by atoms with Gasteiger partial charge in [0.1, 0.15) is 0 Å². The molecule has 0 aliphatic carbocycles. The molecule has 0 amide bonds. The Morgan fingerprint density at radius 1 is 1.30 bits per heavy atom. The summed E-state index contributed by atoms with van der Waals surface area (Å²) in [6, 6.07) is 0. The predicted octanol–water partition coefficient (Wildman–Crippen LogP) is 0.907. The minimum absolute atomic E-state index is 1.03. The van der Waals surface area contributed by atoms with E-state index in [1.165, 1.54) is 38.9 Å². The fourth-order valence-corrected chi connectivity index (χ4v) is 1.55. The number of hydrogen-bond acceptors (Lipinski definition) is 3. The fraction of sp³-hybridized carbons (Fsp3) is 1.00. The smallest absolute Gasteiger partial charge is 0.00683 e. The van der Waals surface area contributed by atoms with Crippen LogP contribution >= 0.6 is 12.8 Å². The van der Waals surface area contributed by atoms with E-state index in [2.05, 4.69) is 22.4 Å². The van der Waals surface area contributed by atoms with Gasteiger partial charge in [0.2, 0.25) is 0 Å². The molecule has 0 spiro atoms. The molecular formula is C7H16N2S. The SMILES string of the molecule is SNCCCN1CCCC1. The minimum atomic E-state index is 1.03. The summed E-state index contributed by atoms with van der Waals surface area (Å²) in [5.41, 5.74) is 0. The Labute approximate surface area is 68.5 Å². The maximum Gasteiger partial charge on any atom is 0.00683 e. The van der Waals surface area contributed by atoms with E-state index >= 15 is 0 Å². The van der Waals surface area contributed by atoms with Gasteiger partial charge in [-0.3, -0.25) is 4.72 Å². The third-order valence-corrected chi connectivity index (χ3v) is 2.19. The summed E-state index contributed by atoms with van der Waals surface area (Å²) in [7, 11) is 0. The fourth-order valence-electron chi connectivity index (χ4n) is 1.39. The van der Waals surface area contributed by atoms with E-state index in [4.69, 9.17) is 0 Å². The van der Waals surface area contributed by atoms with Gasteiger partial charge in [0.05, 0.1) is 0 Å². The van der Waals surface area contributed by atoms with Crippen molar-refractivity contribution in [3.8, 4) is 0 Å². The summed E-state index contributed by atoms with van der Waals surface area (Å²) in [5.74, 6) is 0. The van der Waals surface area contributed by atoms with Gasteiger partial charge in [-0.1, -0.05) is 12.8 Å². The summed E-state index contributed by atoms with van der Waals surface area (Å²) in [6.45, 7) is 4.90. The highest BCUT2D eigenvalue weighted by Gasteiger charge is 2.09. The van der Waals surface area contributed by atoms with Crippen LogP contribution in [0.2, 0.25) is 0 Å². The summed E-state index contributed by atoms with van der Waals surface area (Å²) < 4.78 is 2.86. The summed E-state index contributed by atoms with van der Waals surface area (Å²) >= 11 is 3.93. The Morgan fingerprint density at radius 2 is 2.00 bits per heavy atom. The van der Waals surface area contributed by atoms with Crippen LogP contribution in [0.25, 0.3) is 0 Å². The van der Waals surface area contributed by atoms with Gasteiger partial charge in [0.15, 0.2) is 0 Å². The number of likely N-dealkylation sites (tertiary alicyclic amines) is 1.